The predicted molar refractivity (Wildman–Crippen MR) is 104 cm³/mol. The first-order valence-electron chi connectivity index (χ1n) is 8.51. The third-order valence-electron chi connectivity index (χ3n) is 4.20. The molecule has 10 heteroatoms. The molecule has 5 aromatic rings. The topological polar surface area (TPSA) is 107 Å². The lowest BCUT2D eigenvalue weighted by molar-refractivity contribution is 0.837. The minimum Gasteiger partial charge on any atom is -0.300 e. The lowest BCUT2D eigenvalue weighted by atomic mass is 10.3. The number of rotatable bonds is 3. The van der Waals surface area contributed by atoms with Crippen LogP contribution in [-0.2, 0) is 0 Å². The third-order valence-corrected chi connectivity index (χ3v) is 4.95. The van der Waals surface area contributed by atoms with Gasteiger partial charge < -0.3 is 4.98 Å². The molecular weight excluding hydrogens is 376 g/mol. The van der Waals surface area contributed by atoms with Crippen LogP contribution in [0.25, 0.3) is 22.5 Å². The number of fused-ring (bicyclic) bond motifs is 2. The Morgan fingerprint density at radius 2 is 1.89 bits per heavy atom. The van der Waals surface area contributed by atoms with E-state index in [2.05, 4.69) is 30.1 Å². The van der Waals surface area contributed by atoms with Gasteiger partial charge in [0.25, 0.3) is 11.3 Å². The Labute approximate surface area is 162 Å². The van der Waals surface area contributed by atoms with E-state index in [-0.39, 0.29) is 5.56 Å². The number of hydrogen-bond donors (Lipinski definition) is 1. The number of nitrogens with one attached hydrogen (secondary N) is 1. The molecule has 1 aromatic carbocycles. The normalized spacial score (nSPS) is 11.5. The van der Waals surface area contributed by atoms with Crippen LogP contribution in [0.15, 0.2) is 57.7 Å². The summed E-state index contributed by atoms with van der Waals surface area (Å²) >= 11 is 1.17. The quantitative estimate of drug-likeness (QED) is 0.471. The van der Waals surface area contributed by atoms with E-state index in [0.717, 1.165) is 17.1 Å². The average Bonchev–Trinajstić information content (AvgIpc) is 3.27. The highest BCUT2D eigenvalue weighted by molar-refractivity contribution is 7.99. The van der Waals surface area contributed by atoms with Crippen LogP contribution in [0.5, 0.6) is 0 Å². The van der Waals surface area contributed by atoms with Gasteiger partial charge in [0.15, 0.2) is 10.8 Å². The van der Waals surface area contributed by atoms with E-state index in [0.29, 0.717) is 27.1 Å². The molecule has 0 aliphatic rings. The van der Waals surface area contributed by atoms with E-state index in [1.54, 1.807) is 9.20 Å². The van der Waals surface area contributed by atoms with E-state index in [1.807, 2.05) is 50.2 Å². The molecule has 4 aromatic heterocycles. The van der Waals surface area contributed by atoms with Gasteiger partial charge in [-0.15, -0.1) is 5.10 Å². The Balaban J connectivity index is 1.60. The van der Waals surface area contributed by atoms with Crippen LogP contribution in [0.2, 0.25) is 0 Å². The summed E-state index contributed by atoms with van der Waals surface area (Å²) < 4.78 is 3.31. The van der Waals surface area contributed by atoms with Crippen molar-refractivity contribution in [2.45, 2.75) is 24.2 Å². The van der Waals surface area contributed by atoms with Crippen LogP contribution in [0, 0.1) is 13.8 Å². The Morgan fingerprint density at radius 3 is 2.71 bits per heavy atom. The zero-order valence-electron chi connectivity index (χ0n) is 15.0. The summed E-state index contributed by atoms with van der Waals surface area (Å²) in [6, 6.07) is 11.5. The van der Waals surface area contributed by atoms with Gasteiger partial charge in [-0.05, 0) is 43.8 Å². The van der Waals surface area contributed by atoms with Crippen molar-refractivity contribution in [2.24, 2.45) is 0 Å². The van der Waals surface area contributed by atoms with E-state index < -0.39 is 0 Å². The van der Waals surface area contributed by atoms with E-state index in [9.17, 15) is 4.79 Å². The second kappa shape index (κ2) is 6.27. The lowest BCUT2D eigenvalue weighted by Crippen LogP contribution is -2.09. The summed E-state index contributed by atoms with van der Waals surface area (Å²) in [5.41, 5.74) is 2.84. The monoisotopic (exact) mass is 390 g/mol. The molecular formula is C18H14N8OS. The average molecular weight is 390 g/mol. The van der Waals surface area contributed by atoms with E-state index in [1.165, 1.54) is 18.0 Å². The summed E-state index contributed by atoms with van der Waals surface area (Å²) in [7, 11) is 0. The SMILES string of the molecule is Cc1cc(C)n2nc(Sc3nc4c(cnn4-c4ccccc4)c(=O)[nH]3)nc2n1. The van der Waals surface area contributed by atoms with Gasteiger partial charge in [0, 0.05) is 11.4 Å². The fourth-order valence-corrected chi connectivity index (χ4v) is 3.68. The van der Waals surface area contributed by atoms with Crippen molar-refractivity contribution in [3.05, 3.63) is 64.3 Å². The van der Waals surface area contributed by atoms with Crippen molar-refractivity contribution >= 4 is 28.6 Å². The largest absolute Gasteiger partial charge is 0.300 e. The maximum Gasteiger partial charge on any atom is 0.262 e. The van der Waals surface area contributed by atoms with Crippen molar-refractivity contribution in [3.63, 3.8) is 0 Å². The molecule has 1 N–H and O–H groups in total. The molecule has 0 spiro atoms. The van der Waals surface area contributed by atoms with Gasteiger partial charge in [-0.1, -0.05) is 18.2 Å². The number of H-pyrrole nitrogens is 1. The van der Waals surface area contributed by atoms with E-state index in [4.69, 9.17) is 0 Å². The van der Waals surface area contributed by atoms with Gasteiger partial charge in [0.05, 0.1) is 11.9 Å². The number of nitrogens with zero attached hydrogens (tertiary/aromatic N) is 7. The summed E-state index contributed by atoms with van der Waals surface area (Å²) in [5.74, 6) is 0.512. The van der Waals surface area contributed by atoms with Gasteiger partial charge in [0.1, 0.15) is 5.39 Å². The Hall–Kier alpha value is -3.53. The molecule has 0 saturated heterocycles. The maximum absolute atomic E-state index is 12.5. The molecule has 0 aliphatic carbocycles. The number of para-hydroxylation sites is 1. The molecule has 28 heavy (non-hydrogen) atoms. The molecule has 0 amide bonds. The second-order valence-electron chi connectivity index (χ2n) is 6.25. The zero-order chi connectivity index (χ0) is 19.3. The molecule has 138 valence electrons. The number of aryl methyl sites for hydroxylation is 2. The molecule has 0 unspecified atom stereocenters. The highest BCUT2D eigenvalue weighted by Gasteiger charge is 2.15. The zero-order valence-corrected chi connectivity index (χ0v) is 15.8. The third kappa shape index (κ3) is 2.74. The van der Waals surface area contributed by atoms with Crippen LogP contribution in [0.3, 0.4) is 0 Å². The Bertz CT molecular complexity index is 1390. The molecule has 0 atom stereocenters. The molecule has 5 rings (SSSR count). The number of benzene rings is 1. The van der Waals surface area contributed by atoms with Gasteiger partial charge in [0.2, 0.25) is 5.16 Å². The standard InChI is InChI=1S/C18H14N8OS/c1-10-8-11(2)25-16(20-10)23-18(24-25)28-17-21-14-13(15(27)22-17)9-19-26(14)12-6-4-3-5-7-12/h3-9H,1-2H3,(H,21,22,27). The Kier molecular flexibility index (Phi) is 3.72. The van der Waals surface area contributed by atoms with Crippen LogP contribution in [-0.4, -0.2) is 39.3 Å². The molecule has 9 nitrogen and oxygen atoms in total. The first-order chi connectivity index (χ1) is 13.6. The van der Waals surface area contributed by atoms with Crippen molar-refractivity contribution in [1.29, 1.82) is 0 Å². The van der Waals surface area contributed by atoms with E-state index >= 15 is 0 Å². The summed E-state index contributed by atoms with van der Waals surface area (Å²) in [5, 5.41) is 10.0. The summed E-state index contributed by atoms with van der Waals surface area (Å²) in [6.07, 6.45) is 1.52. The van der Waals surface area contributed by atoms with Crippen LogP contribution in [0.4, 0.5) is 0 Å². The molecule has 0 fully saturated rings. The second-order valence-corrected chi connectivity index (χ2v) is 7.20. The van der Waals surface area contributed by atoms with Crippen LogP contribution in [0.1, 0.15) is 11.4 Å². The fourth-order valence-electron chi connectivity index (χ4n) is 2.98. The number of aromatic nitrogens is 8. The molecule has 0 aliphatic heterocycles. The number of aromatic amines is 1. The Morgan fingerprint density at radius 1 is 1.07 bits per heavy atom. The summed E-state index contributed by atoms with van der Waals surface area (Å²) in [6.45, 7) is 3.85. The smallest absolute Gasteiger partial charge is 0.262 e. The maximum atomic E-state index is 12.5. The van der Waals surface area contributed by atoms with Crippen LogP contribution >= 0.6 is 11.8 Å². The molecule has 0 bridgehead atoms. The van der Waals surface area contributed by atoms with Crippen molar-refractivity contribution in [1.82, 2.24) is 39.3 Å². The number of hydrogen-bond acceptors (Lipinski definition) is 7. The molecule has 4 heterocycles. The van der Waals surface area contributed by atoms with Gasteiger partial charge in [-0.3, -0.25) is 4.79 Å². The predicted octanol–water partition coefficient (Wildman–Crippen LogP) is 2.31. The van der Waals surface area contributed by atoms with Gasteiger partial charge in [-0.25, -0.2) is 19.2 Å². The van der Waals surface area contributed by atoms with Crippen molar-refractivity contribution in [2.75, 3.05) is 0 Å². The highest BCUT2D eigenvalue weighted by Crippen LogP contribution is 2.23. The van der Waals surface area contributed by atoms with Crippen molar-refractivity contribution < 1.29 is 0 Å². The lowest BCUT2D eigenvalue weighted by Gasteiger charge is -2.03. The highest BCUT2D eigenvalue weighted by atomic mass is 32.2. The van der Waals surface area contributed by atoms with Crippen molar-refractivity contribution in [3.8, 4) is 5.69 Å². The molecule has 0 saturated carbocycles. The van der Waals surface area contributed by atoms with Crippen LogP contribution < -0.4 is 5.56 Å². The molecule has 0 radical (unpaired) electrons. The minimum atomic E-state index is -0.261. The first-order valence-corrected chi connectivity index (χ1v) is 9.32. The minimum absolute atomic E-state index is 0.261. The van der Waals surface area contributed by atoms with Gasteiger partial charge >= 0.3 is 0 Å². The fraction of sp³-hybridized carbons (Fsp3) is 0.111. The summed E-state index contributed by atoms with van der Waals surface area (Å²) in [4.78, 5) is 28.6. The van der Waals surface area contributed by atoms with Gasteiger partial charge in [-0.2, -0.15) is 10.1 Å². The first kappa shape index (κ1) is 16.6.